The average Bonchev–Trinajstić information content (AvgIpc) is 2.99. The Morgan fingerprint density at radius 3 is 2.44 bits per heavy atom. The van der Waals surface area contributed by atoms with E-state index >= 15 is 0 Å². The molecule has 0 saturated heterocycles. The van der Waals surface area contributed by atoms with Gasteiger partial charge in [0.05, 0.1) is 18.8 Å². The topological polar surface area (TPSA) is 100 Å². The fourth-order valence-corrected chi connectivity index (χ4v) is 2.46. The summed E-state index contributed by atoms with van der Waals surface area (Å²) in [6, 6.07) is 10.7. The molecule has 7 nitrogen and oxygen atoms in total. The molecular formula is C18H21N3O4. The molecule has 0 aliphatic heterocycles. The van der Waals surface area contributed by atoms with Gasteiger partial charge in [0.15, 0.2) is 0 Å². The smallest absolute Gasteiger partial charge is 0.356 e. The Bertz CT molecular complexity index is 768. The number of H-pyrrole nitrogens is 1. The Labute approximate surface area is 145 Å². The number of amides is 2. The van der Waals surface area contributed by atoms with Crippen molar-refractivity contribution in [3.8, 4) is 0 Å². The number of esters is 1. The first-order chi connectivity index (χ1) is 12.0. The van der Waals surface area contributed by atoms with Crippen LogP contribution in [0.5, 0.6) is 0 Å². The second-order valence-corrected chi connectivity index (χ2v) is 5.53. The van der Waals surface area contributed by atoms with E-state index in [1.807, 2.05) is 37.3 Å². The maximum absolute atomic E-state index is 12.2. The van der Waals surface area contributed by atoms with Crippen LogP contribution in [-0.2, 0) is 14.3 Å². The summed E-state index contributed by atoms with van der Waals surface area (Å²) in [6.07, 6.45) is 0.639. The molecule has 0 spiro atoms. The zero-order valence-corrected chi connectivity index (χ0v) is 14.4. The molecule has 0 saturated carbocycles. The van der Waals surface area contributed by atoms with Gasteiger partial charge in [-0.25, -0.2) is 4.79 Å². The Morgan fingerprint density at radius 1 is 1.16 bits per heavy atom. The van der Waals surface area contributed by atoms with Crippen molar-refractivity contribution in [1.29, 1.82) is 0 Å². The van der Waals surface area contributed by atoms with E-state index in [1.54, 1.807) is 13.0 Å². The van der Waals surface area contributed by atoms with E-state index in [0.29, 0.717) is 12.1 Å². The van der Waals surface area contributed by atoms with Gasteiger partial charge in [0, 0.05) is 5.69 Å². The standard InChI is InChI=1S/C18H21N3O4/c1-4-13(12-8-6-5-7-9-12)20-16(22)17(23)21-14-10-11(2)19-15(14)18(24)25-3/h5-10,13,19H,4H2,1-3H3,(H,20,22)(H,21,23). The van der Waals surface area contributed by atoms with Gasteiger partial charge in [-0.05, 0) is 25.0 Å². The minimum absolute atomic E-state index is 0.0938. The van der Waals surface area contributed by atoms with Gasteiger partial charge in [0.1, 0.15) is 5.69 Å². The molecular weight excluding hydrogens is 322 g/mol. The first-order valence-electron chi connectivity index (χ1n) is 7.91. The van der Waals surface area contributed by atoms with E-state index in [1.165, 1.54) is 7.11 Å². The summed E-state index contributed by atoms with van der Waals surface area (Å²) in [5.74, 6) is -2.25. The molecule has 3 N–H and O–H groups in total. The number of benzene rings is 1. The van der Waals surface area contributed by atoms with Crippen LogP contribution >= 0.6 is 0 Å². The number of methoxy groups -OCH3 is 1. The van der Waals surface area contributed by atoms with Crippen LogP contribution in [0.4, 0.5) is 5.69 Å². The molecule has 0 radical (unpaired) electrons. The lowest BCUT2D eigenvalue weighted by molar-refractivity contribution is -0.136. The number of nitrogens with one attached hydrogen (secondary N) is 3. The highest BCUT2D eigenvalue weighted by Gasteiger charge is 2.22. The molecule has 0 fully saturated rings. The largest absolute Gasteiger partial charge is 0.464 e. The zero-order chi connectivity index (χ0) is 18.4. The molecule has 0 aliphatic carbocycles. The van der Waals surface area contributed by atoms with Crippen LogP contribution in [0.15, 0.2) is 36.4 Å². The third-order valence-electron chi connectivity index (χ3n) is 3.71. The third-order valence-corrected chi connectivity index (χ3v) is 3.71. The van der Waals surface area contributed by atoms with Crippen LogP contribution in [0.25, 0.3) is 0 Å². The van der Waals surface area contributed by atoms with E-state index in [2.05, 4.69) is 20.4 Å². The van der Waals surface area contributed by atoms with Crippen LogP contribution in [0.1, 0.15) is 41.1 Å². The number of hydrogen-bond donors (Lipinski definition) is 3. The van der Waals surface area contributed by atoms with E-state index in [9.17, 15) is 14.4 Å². The number of aryl methyl sites for hydroxylation is 1. The predicted octanol–water partition coefficient (Wildman–Crippen LogP) is 2.32. The fraction of sp³-hybridized carbons (Fsp3) is 0.278. The second kappa shape index (κ2) is 8.14. The third kappa shape index (κ3) is 4.47. The van der Waals surface area contributed by atoms with Gasteiger partial charge >= 0.3 is 17.8 Å². The first-order valence-corrected chi connectivity index (χ1v) is 7.91. The molecule has 2 amide bonds. The first kappa shape index (κ1) is 18.3. The number of anilines is 1. The van der Waals surface area contributed by atoms with Crippen molar-refractivity contribution in [3.05, 3.63) is 53.3 Å². The van der Waals surface area contributed by atoms with Crippen LogP contribution in [0.3, 0.4) is 0 Å². The number of aromatic amines is 1. The molecule has 2 rings (SSSR count). The van der Waals surface area contributed by atoms with Crippen molar-refractivity contribution in [2.24, 2.45) is 0 Å². The summed E-state index contributed by atoms with van der Waals surface area (Å²) in [5.41, 5.74) is 1.87. The molecule has 1 unspecified atom stereocenters. The molecule has 2 aromatic rings. The van der Waals surface area contributed by atoms with Crippen molar-refractivity contribution in [2.45, 2.75) is 26.3 Å². The van der Waals surface area contributed by atoms with Crippen molar-refractivity contribution < 1.29 is 19.1 Å². The number of carbonyl (C=O) groups is 3. The van der Waals surface area contributed by atoms with Crippen LogP contribution in [0.2, 0.25) is 0 Å². The predicted molar refractivity (Wildman–Crippen MR) is 93.1 cm³/mol. The van der Waals surface area contributed by atoms with Crippen LogP contribution in [0, 0.1) is 6.92 Å². The van der Waals surface area contributed by atoms with Gasteiger partial charge in [0.25, 0.3) is 0 Å². The number of carbonyl (C=O) groups excluding carboxylic acids is 3. The lowest BCUT2D eigenvalue weighted by Crippen LogP contribution is -2.37. The van der Waals surface area contributed by atoms with E-state index in [4.69, 9.17) is 0 Å². The molecule has 0 aliphatic rings. The fourth-order valence-electron chi connectivity index (χ4n) is 2.46. The highest BCUT2D eigenvalue weighted by molar-refractivity contribution is 6.40. The Kier molecular flexibility index (Phi) is 5.94. The quantitative estimate of drug-likeness (QED) is 0.573. The van der Waals surface area contributed by atoms with Crippen molar-refractivity contribution in [1.82, 2.24) is 10.3 Å². The molecule has 1 heterocycles. The lowest BCUT2D eigenvalue weighted by atomic mass is 10.0. The minimum atomic E-state index is -0.849. The molecule has 132 valence electrons. The number of hydrogen-bond acceptors (Lipinski definition) is 4. The summed E-state index contributed by atoms with van der Waals surface area (Å²) >= 11 is 0. The maximum Gasteiger partial charge on any atom is 0.356 e. The van der Waals surface area contributed by atoms with Crippen molar-refractivity contribution in [3.63, 3.8) is 0 Å². The molecule has 25 heavy (non-hydrogen) atoms. The highest BCUT2D eigenvalue weighted by Crippen LogP contribution is 2.19. The average molecular weight is 343 g/mol. The maximum atomic E-state index is 12.2. The summed E-state index contributed by atoms with van der Waals surface area (Å²) in [4.78, 5) is 38.9. The normalized spacial score (nSPS) is 11.5. The molecule has 1 aromatic heterocycles. The van der Waals surface area contributed by atoms with Gasteiger partial charge < -0.3 is 20.4 Å². The monoisotopic (exact) mass is 343 g/mol. The second-order valence-electron chi connectivity index (χ2n) is 5.53. The molecule has 1 aromatic carbocycles. The van der Waals surface area contributed by atoms with Gasteiger partial charge in [-0.15, -0.1) is 0 Å². The number of aromatic nitrogens is 1. The lowest BCUT2D eigenvalue weighted by Gasteiger charge is -2.17. The summed E-state index contributed by atoms with van der Waals surface area (Å²) < 4.78 is 4.65. The van der Waals surface area contributed by atoms with E-state index in [-0.39, 0.29) is 17.4 Å². The van der Waals surface area contributed by atoms with Gasteiger partial charge in [-0.1, -0.05) is 37.3 Å². The van der Waals surface area contributed by atoms with Gasteiger partial charge in [0.2, 0.25) is 0 Å². The van der Waals surface area contributed by atoms with Crippen LogP contribution in [-0.4, -0.2) is 29.9 Å². The van der Waals surface area contributed by atoms with Gasteiger partial charge in [-0.2, -0.15) is 0 Å². The van der Waals surface area contributed by atoms with Crippen LogP contribution < -0.4 is 10.6 Å². The zero-order valence-electron chi connectivity index (χ0n) is 14.4. The SMILES string of the molecule is CCC(NC(=O)C(=O)Nc1cc(C)[nH]c1C(=O)OC)c1ccccc1. The Morgan fingerprint density at radius 2 is 1.84 bits per heavy atom. The number of rotatable bonds is 5. The minimum Gasteiger partial charge on any atom is -0.464 e. The molecule has 7 heteroatoms. The summed E-state index contributed by atoms with van der Waals surface area (Å²) in [6.45, 7) is 3.64. The van der Waals surface area contributed by atoms with Gasteiger partial charge in [-0.3, -0.25) is 9.59 Å². The Balaban J connectivity index is 2.08. The number of ether oxygens (including phenoxy) is 1. The molecule has 1 atom stereocenters. The summed E-state index contributed by atoms with van der Waals surface area (Å²) in [7, 11) is 1.24. The Hall–Kier alpha value is -3.09. The van der Waals surface area contributed by atoms with Crippen molar-refractivity contribution >= 4 is 23.5 Å². The molecule has 0 bridgehead atoms. The van der Waals surface area contributed by atoms with E-state index < -0.39 is 17.8 Å². The summed E-state index contributed by atoms with van der Waals surface area (Å²) in [5, 5.41) is 5.14. The van der Waals surface area contributed by atoms with E-state index in [0.717, 1.165) is 5.56 Å². The highest BCUT2D eigenvalue weighted by atomic mass is 16.5. The van der Waals surface area contributed by atoms with Crippen molar-refractivity contribution in [2.75, 3.05) is 12.4 Å².